The van der Waals surface area contributed by atoms with Crippen LogP contribution in [0.15, 0.2) is 40.6 Å². The van der Waals surface area contributed by atoms with Crippen LogP contribution in [0.3, 0.4) is 0 Å². The fourth-order valence-electron chi connectivity index (χ4n) is 1.55. The molecule has 0 radical (unpaired) electrons. The lowest BCUT2D eigenvalue weighted by Crippen LogP contribution is -2.04. The van der Waals surface area contributed by atoms with Gasteiger partial charge in [-0.3, -0.25) is 0 Å². The molecule has 0 aliphatic heterocycles. The van der Waals surface area contributed by atoms with Crippen molar-refractivity contribution in [2.24, 2.45) is 5.16 Å². The van der Waals surface area contributed by atoms with E-state index in [1.165, 1.54) is 24.5 Å². The van der Waals surface area contributed by atoms with Crippen LogP contribution in [0, 0.1) is 0 Å². The van der Waals surface area contributed by atoms with Crippen molar-refractivity contribution in [3.05, 3.63) is 36.2 Å². The lowest BCUT2D eigenvalue weighted by Gasteiger charge is -2.09. The topological polar surface area (TPSA) is 85.4 Å². The number of hydrogen-bond acceptors (Lipinski definition) is 7. The van der Waals surface area contributed by atoms with Crippen LogP contribution in [0.5, 0.6) is 0 Å². The molecule has 104 valence electrons. The maximum atomic E-state index is 5.82. The second-order valence-corrected chi connectivity index (χ2v) is 4.67. The Hall–Kier alpha value is -2.28. The maximum absolute atomic E-state index is 5.82. The van der Waals surface area contributed by atoms with Gasteiger partial charge < -0.3 is 15.9 Å². The molecule has 2 rings (SSSR count). The number of nitrogens with one attached hydrogen (secondary N) is 1. The first-order valence-electron chi connectivity index (χ1n) is 5.82. The molecule has 0 aliphatic carbocycles. The van der Waals surface area contributed by atoms with E-state index in [9.17, 15) is 0 Å². The fraction of sp³-hybridized carbons (Fsp3) is 0.154. The third kappa shape index (κ3) is 3.39. The van der Waals surface area contributed by atoms with Crippen molar-refractivity contribution in [1.82, 2.24) is 9.97 Å². The van der Waals surface area contributed by atoms with E-state index in [2.05, 4.69) is 25.3 Å². The first-order chi connectivity index (χ1) is 9.74. The molecule has 0 atom stereocenters. The quantitative estimate of drug-likeness (QED) is 0.500. The van der Waals surface area contributed by atoms with E-state index in [4.69, 9.17) is 5.73 Å². The van der Waals surface area contributed by atoms with Crippen LogP contribution in [0.25, 0.3) is 0 Å². The van der Waals surface area contributed by atoms with Crippen LogP contribution in [0.4, 0.5) is 17.3 Å². The van der Waals surface area contributed by atoms with Crippen molar-refractivity contribution in [3.8, 4) is 0 Å². The minimum Gasteiger partial charge on any atom is -0.399 e. The van der Waals surface area contributed by atoms with Crippen LogP contribution in [0.1, 0.15) is 5.56 Å². The van der Waals surface area contributed by atoms with E-state index in [-0.39, 0.29) is 0 Å². The Bertz CT molecular complexity index is 600. The lowest BCUT2D eigenvalue weighted by atomic mass is 10.2. The van der Waals surface area contributed by atoms with Gasteiger partial charge in [-0.2, -0.15) is 0 Å². The number of hydrogen-bond donors (Lipinski definition) is 2. The van der Waals surface area contributed by atoms with Crippen LogP contribution >= 0.6 is 11.8 Å². The number of nitrogen functional groups attached to an aromatic ring is 1. The molecule has 2 aromatic rings. The number of oxime groups is 1. The molecule has 0 unspecified atom stereocenters. The highest BCUT2D eigenvalue weighted by Gasteiger charge is 2.07. The van der Waals surface area contributed by atoms with Gasteiger partial charge in [-0.1, -0.05) is 5.16 Å². The normalized spacial score (nSPS) is 10.7. The highest BCUT2D eigenvalue weighted by atomic mass is 32.2. The van der Waals surface area contributed by atoms with Gasteiger partial charge in [-0.05, 0) is 30.5 Å². The number of anilines is 3. The number of rotatable bonds is 5. The van der Waals surface area contributed by atoms with Gasteiger partial charge in [0.25, 0.3) is 0 Å². The Morgan fingerprint density at radius 2 is 2.05 bits per heavy atom. The van der Waals surface area contributed by atoms with E-state index in [0.29, 0.717) is 17.2 Å². The molecule has 0 saturated carbocycles. The summed E-state index contributed by atoms with van der Waals surface area (Å²) in [6, 6.07) is 8.00. The number of nitrogens with zero attached hydrogens (tertiary/aromatic N) is 3. The summed E-state index contributed by atoms with van der Waals surface area (Å²) in [4.78, 5) is 14.0. The summed E-state index contributed by atoms with van der Waals surface area (Å²) in [6.45, 7) is 0. The van der Waals surface area contributed by atoms with Crippen molar-refractivity contribution in [2.45, 2.75) is 4.90 Å². The number of nitrogens with two attached hydrogens (primary N) is 1. The largest absolute Gasteiger partial charge is 0.399 e. The van der Waals surface area contributed by atoms with Crippen LogP contribution in [0.2, 0.25) is 0 Å². The van der Waals surface area contributed by atoms with Crippen LogP contribution in [-0.4, -0.2) is 29.5 Å². The van der Waals surface area contributed by atoms with Gasteiger partial charge in [0, 0.05) is 10.6 Å². The number of aromatic nitrogens is 2. The first-order valence-corrected chi connectivity index (χ1v) is 7.05. The molecule has 0 amide bonds. The third-order valence-electron chi connectivity index (χ3n) is 2.55. The number of thioether (sulfide) groups is 1. The van der Waals surface area contributed by atoms with Gasteiger partial charge in [0.05, 0.1) is 11.8 Å². The SMILES string of the molecule is CON=Cc1c(N)ncnc1Nc1ccc(SC)cc1. The molecule has 1 aromatic carbocycles. The average Bonchev–Trinajstić information content (AvgIpc) is 2.47. The van der Waals surface area contributed by atoms with Gasteiger partial charge in [-0.25, -0.2) is 9.97 Å². The van der Waals surface area contributed by atoms with Gasteiger partial charge in [0.1, 0.15) is 25.1 Å². The average molecular weight is 289 g/mol. The van der Waals surface area contributed by atoms with Gasteiger partial charge in [0.15, 0.2) is 0 Å². The van der Waals surface area contributed by atoms with Gasteiger partial charge >= 0.3 is 0 Å². The van der Waals surface area contributed by atoms with Gasteiger partial charge in [-0.15, -0.1) is 11.8 Å². The summed E-state index contributed by atoms with van der Waals surface area (Å²) >= 11 is 1.69. The molecular formula is C13H15N5OS. The minimum absolute atomic E-state index is 0.337. The smallest absolute Gasteiger partial charge is 0.144 e. The molecule has 20 heavy (non-hydrogen) atoms. The lowest BCUT2D eigenvalue weighted by molar-refractivity contribution is 0.215. The highest BCUT2D eigenvalue weighted by molar-refractivity contribution is 7.98. The highest BCUT2D eigenvalue weighted by Crippen LogP contribution is 2.22. The van der Waals surface area contributed by atoms with Crippen LogP contribution < -0.4 is 11.1 Å². The zero-order valence-electron chi connectivity index (χ0n) is 11.2. The van der Waals surface area contributed by atoms with Crippen molar-refractivity contribution < 1.29 is 4.84 Å². The van der Waals surface area contributed by atoms with Crippen molar-refractivity contribution >= 4 is 35.3 Å². The maximum Gasteiger partial charge on any atom is 0.144 e. The van der Waals surface area contributed by atoms with Crippen molar-refractivity contribution in [2.75, 3.05) is 24.4 Å². The van der Waals surface area contributed by atoms with Crippen molar-refractivity contribution in [3.63, 3.8) is 0 Å². The van der Waals surface area contributed by atoms with E-state index in [1.54, 1.807) is 11.8 Å². The molecular weight excluding hydrogens is 274 g/mol. The monoisotopic (exact) mass is 289 g/mol. The predicted molar refractivity (Wildman–Crippen MR) is 82.6 cm³/mol. The summed E-state index contributed by atoms with van der Waals surface area (Å²) in [5.41, 5.74) is 7.32. The third-order valence-corrected chi connectivity index (χ3v) is 3.30. The Morgan fingerprint density at radius 1 is 1.30 bits per heavy atom. The summed E-state index contributed by atoms with van der Waals surface area (Å²) in [7, 11) is 1.46. The molecule has 0 fully saturated rings. The van der Waals surface area contributed by atoms with E-state index < -0.39 is 0 Å². The van der Waals surface area contributed by atoms with Gasteiger partial charge in [0.2, 0.25) is 0 Å². The van der Waals surface area contributed by atoms with Crippen LogP contribution in [-0.2, 0) is 4.84 Å². The predicted octanol–water partition coefficient (Wildman–Crippen LogP) is 2.50. The molecule has 1 heterocycles. The molecule has 3 N–H and O–H groups in total. The molecule has 0 saturated heterocycles. The summed E-state index contributed by atoms with van der Waals surface area (Å²) in [5.74, 6) is 0.916. The Morgan fingerprint density at radius 3 is 2.70 bits per heavy atom. The molecule has 6 nitrogen and oxygen atoms in total. The standard InChI is InChI=1S/C13H15N5OS/c1-19-17-7-11-12(14)15-8-16-13(11)18-9-3-5-10(20-2)6-4-9/h3-8H,1-2H3,(H3,14,15,16,18). The molecule has 0 aliphatic rings. The second kappa shape index (κ2) is 6.76. The van der Waals surface area contributed by atoms with E-state index in [0.717, 1.165) is 5.69 Å². The minimum atomic E-state index is 0.337. The zero-order chi connectivity index (χ0) is 14.4. The van der Waals surface area contributed by atoms with E-state index >= 15 is 0 Å². The summed E-state index contributed by atoms with van der Waals surface area (Å²) in [6.07, 6.45) is 4.92. The second-order valence-electron chi connectivity index (χ2n) is 3.79. The number of benzene rings is 1. The summed E-state index contributed by atoms with van der Waals surface area (Å²) in [5, 5.41) is 6.89. The molecule has 0 spiro atoms. The molecule has 1 aromatic heterocycles. The van der Waals surface area contributed by atoms with E-state index in [1.807, 2.05) is 30.5 Å². The first kappa shape index (κ1) is 14.1. The van der Waals surface area contributed by atoms with Crippen molar-refractivity contribution in [1.29, 1.82) is 0 Å². The Labute approximate surface area is 121 Å². The fourth-order valence-corrected chi connectivity index (χ4v) is 1.96. The molecule has 0 bridgehead atoms. The Kier molecular flexibility index (Phi) is 4.78. The molecule has 7 heteroatoms. The Balaban J connectivity index is 2.27. The zero-order valence-corrected chi connectivity index (χ0v) is 12.0. The summed E-state index contributed by atoms with van der Waals surface area (Å²) < 4.78 is 0.